The van der Waals surface area contributed by atoms with E-state index >= 15 is 0 Å². The number of hydrogen-bond acceptors (Lipinski definition) is 7. The van der Waals surface area contributed by atoms with Crippen LogP contribution in [0.4, 0.5) is 24.5 Å². The first-order valence-corrected chi connectivity index (χ1v) is 16.8. The number of nitrogens with zero attached hydrogens (tertiary/aromatic N) is 2. The maximum atomic E-state index is 13.7. The van der Waals surface area contributed by atoms with Crippen LogP contribution in [0.1, 0.15) is 37.8 Å². The summed E-state index contributed by atoms with van der Waals surface area (Å²) in [4.78, 5) is 2.70. The number of ether oxygens (including phenoxy) is 2. The predicted molar refractivity (Wildman–Crippen MR) is 164 cm³/mol. The number of alkyl halides is 3. The molecular formula is C32H37F3N4O4S. The fraction of sp³-hybridized carbons (Fsp3) is 0.500. The molecule has 4 heterocycles. The Balaban J connectivity index is 1.17. The molecule has 3 aromatic rings. The van der Waals surface area contributed by atoms with Crippen LogP contribution >= 0.6 is 0 Å². The summed E-state index contributed by atoms with van der Waals surface area (Å²) >= 11 is 0. The summed E-state index contributed by atoms with van der Waals surface area (Å²) in [6.45, 7) is 1.01. The lowest BCUT2D eigenvalue weighted by molar-refractivity contribution is -0.189. The van der Waals surface area contributed by atoms with Crippen molar-refractivity contribution in [2.24, 2.45) is 0 Å². The van der Waals surface area contributed by atoms with Gasteiger partial charge in [-0.1, -0.05) is 12.0 Å². The van der Waals surface area contributed by atoms with Crippen molar-refractivity contribution >= 4 is 32.1 Å². The normalized spacial score (nSPS) is 23.8. The molecule has 44 heavy (non-hydrogen) atoms. The van der Waals surface area contributed by atoms with Gasteiger partial charge in [-0.05, 0) is 61.9 Å². The van der Waals surface area contributed by atoms with E-state index in [1.54, 1.807) is 24.3 Å². The summed E-state index contributed by atoms with van der Waals surface area (Å²) in [5.74, 6) is 6.16. The second-order valence-corrected chi connectivity index (χ2v) is 14.0. The monoisotopic (exact) mass is 630 g/mol. The third-order valence-electron chi connectivity index (χ3n) is 8.83. The summed E-state index contributed by atoms with van der Waals surface area (Å²) in [6, 6.07) is 12.4. The number of morpholine rings is 1. The topological polar surface area (TPSA) is 84.8 Å². The number of benzene rings is 2. The third kappa shape index (κ3) is 6.80. The van der Waals surface area contributed by atoms with E-state index in [1.807, 2.05) is 6.07 Å². The summed E-state index contributed by atoms with van der Waals surface area (Å²) in [5.41, 5.74) is 2.08. The minimum Gasteiger partial charge on any atom is -0.495 e. The van der Waals surface area contributed by atoms with Gasteiger partial charge in [-0.2, -0.15) is 13.2 Å². The maximum absolute atomic E-state index is 13.7. The number of halogens is 3. The molecule has 2 N–H and O–H groups in total. The smallest absolute Gasteiger partial charge is 0.406 e. The highest BCUT2D eigenvalue weighted by atomic mass is 32.2. The van der Waals surface area contributed by atoms with Crippen molar-refractivity contribution in [3.63, 3.8) is 0 Å². The van der Waals surface area contributed by atoms with E-state index in [9.17, 15) is 21.6 Å². The van der Waals surface area contributed by atoms with Crippen molar-refractivity contribution in [1.29, 1.82) is 0 Å². The van der Waals surface area contributed by atoms with Crippen LogP contribution in [0.15, 0.2) is 47.4 Å². The first kappa shape index (κ1) is 30.6. The van der Waals surface area contributed by atoms with E-state index in [4.69, 9.17) is 9.47 Å². The number of rotatable bonds is 8. The minimum atomic E-state index is -4.42. The Hall–Kier alpha value is -3.40. The average molecular weight is 631 g/mol. The molecule has 1 saturated carbocycles. The van der Waals surface area contributed by atoms with Crippen LogP contribution in [0.25, 0.3) is 10.9 Å². The lowest BCUT2D eigenvalue weighted by Crippen LogP contribution is -2.60. The Bertz CT molecular complexity index is 1670. The van der Waals surface area contributed by atoms with E-state index in [2.05, 4.69) is 27.4 Å². The maximum Gasteiger partial charge on any atom is 0.406 e. The summed E-state index contributed by atoms with van der Waals surface area (Å²) < 4.78 is 77.0. The van der Waals surface area contributed by atoms with Crippen LogP contribution in [-0.2, 0) is 21.1 Å². The van der Waals surface area contributed by atoms with E-state index in [-0.39, 0.29) is 23.2 Å². The van der Waals surface area contributed by atoms with Gasteiger partial charge in [-0.15, -0.1) is 0 Å². The number of hydrogen-bond donors (Lipinski definition) is 2. The molecular weight excluding hydrogens is 593 g/mol. The van der Waals surface area contributed by atoms with Gasteiger partial charge in [0.2, 0.25) is 0 Å². The Morgan fingerprint density at radius 3 is 2.43 bits per heavy atom. The Morgan fingerprint density at radius 2 is 1.77 bits per heavy atom. The van der Waals surface area contributed by atoms with Gasteiger partial charge in [0.05, 0.1) is 47.7 Å². The van der Waals surface area contributed by atoms with Gasteiger partial charge in [0.15, 0.2) is 9.84 Å². The SMILES string of the molecule is COc1cc(S(C)(=O)=O)ccc1NCC#Cc1cc2c(NC3CCC(N4CC5CC(C4)O5)CC3)cccc2n1CC(F)(F)F. The fourth-order valence-corrected chi connectivity index (χ4v) is 7.31. The van der Waals surface area contributed by atoms with Gasteiger partial charge >= 0.3 is 6.18 Å². The molecule has 2 aromatic carbocycles. The highest BCUT2D eigenvalue weighted by Crippen LogP contribution is 2.35. The second-order valence-electron chi connectivity index (χ2n) is 12.0. The van der Waals surface area contributed by atoms with Crippen molar-refractivity contribution in [3.8, 4) is 17.6 Å². The van der Waals surface area contributed by atoms with Gasteiger partial charge in [-0.3, -0.25) is 4.90 Å². The number of piperidine rings is 1. The molecule has 4 aliphatic rings. The summed E-state index contributed by atoms with van der Waals surface area (Å²) in [6.07, 6.45) is 2.86. The summed E-state index contributed by atoms with van der Waals surface area (Å²) in [5, 5.41) is 7.40. The van der Waals surface area contributed by atoms with Crippen molar-refractivity contribution in [1.82, 2.24) is 9.47 Å². The molecule has 0 amide bonds. The molecule has 7 rings (SSSR count). The number of methoxy groups -OCH3 is 1. The van der Waals surface area contributed by atoms with Crippen LogP contribution in [0, 0.1) is 11.8 Å². The van der Waals surface area contributed by atoms with Gasteiger partial charge in [0.1, 0.15) is 12.3 Å². The Kier molecular flexibility index (Phi) is 8.48. The molecule has 236 valence electrons. The van der Waals surface area contributed by atoms with Gasteiger partial charge in [-0.25, -0.2) is 8.42 Å². The fourth-order valence-electron chi connectivity index (χ4n) is 6.68. The van der Waals surface area contributed by atoms with Gasteiger partial charge in [0.25, 0.3) is 0 Å². The van der Waals surface area contributed by atoms with Crippen LogP contribution in [0.3, 0.4) is 0 Å². The zero-order chi connectivity index (χ0) is 31.1. The van der Waals surface area contributed by atoms with Crippen LogP contribution in [0.5, 0.6) is 5.75 Å². The Labute approximate surface area is 255 Å². The van der Waals surface area contributed by atoms with Crippen molar-refractivity contribution in [2.45, 2.75) is 74.0 Å². The molecule has 1 aromatic heterocycles. The minimum absolute atomic E-state index is 0.112. The molecule has 3 aliphatic heterocycles. The zero-order valence-electron chi connectivity index (χ0n) is 24.8. The van der Waals surface area contributed by atoms with E-state index in [1.165, 1.54) is 30.2 Å². The van der Waals surface area contributed by atoms with Crippen LogP contribution in [-0.4, -0.2) is 81.4 Å². The van der Waals surface area contributed by atoms with Gasteiger partial charge in [0, 0.05) is 55.0 Å². The second kappa shape index (κ2) is 12.2. The van der Waals surface area contributed by atoms with Crippen molar-refractivity contribution < 1.29 is 31.1 Å². The number of sulfone groups is 1. The first-order chi connectivity index (χ1) is 21.0. The molecule has 3 saturated heterocycles. The number of anilines is 2. The zero-order valence-corrected chi connectivity index (χ0v) is 25.6. The average Bonchev–Trinajstić information content (AvgIpc) is 3.31. The predicted octanol–water partition coefficient (Wildman–Crippen LogP) is 5.28. The lowest BCUT2D eigenvalue weighted by atomic mass is 9.87. The van der Waals surface area contributed by atoms with Crippen LogP contribution < -0.4 is 15.4 Å². The molecule has 1 aliphatic carbocycles. The number of nitrogens with one attached hydrogen (secondary N) is 2. The lowest BCUT2D eigenvalue weighted by Gasteiger charge is -2.50. The Morgan fingerprint density at radius 1 is 1.05 bits per heavy atom. The first-order valence-electron chi connectivity index (χ1n) is 14.9. The highest BCUT2D eigenvalue weighted by molar-refractivity contribution is 7.90. The molecule has 0 radical (unpaired) electrons. The molecule has 2 unspecified atom stereocenters. The number of aromatic nitrogens is 1. The standard InChI is InChI=1S/C32H37F3N4O4S/c1-42-31-17-26(44(2,40)41)12-13-29(31)36-14-4-5-23-15-27-28(6-3-7-30(27)39(23)20-32(33,34)35)37-21-8-10-22(11-9-21)38-18-24-16-25(19-38)43-24/h3,6-7,12-13,15,17,21-22,24-25,36-37H,8-11,14,16,18-20H2,1-2H3. The molecule has 12 heteroatoms. The molecule has 8 nitrogen and oxygen atoms in total. The van der Waals surface area contributed by atoms with Crippen molar-refractivity contribution in [2.75, 3.05) is 43.6 Å². The van der Waals surface area contributed by atoms with Crippen molar-refractivity contribution in [3.05, 3.63) is 48.2 Å². The van der Waals surface area contributed by atoms with Gasteiger partial charge < -0.3 is 24.7 Å². The molecule has 4 fully saturated rings. The van der Waals surface area contributed by atoms with E-state index < -0.39 is 22.6 Å². The molecule has 0 spiro atoms. The highest BCUT2D eigenvalue weighted by Gasteiger charge is 2.41. The van der Waals surface area contributed by atoms with E-state index in [0.29, 0.717) is 40.6 Å². The largest absolute Gasteiger partial charge is 0.495 e. The van der Waals surface area contributed by atoms with E-state index in [0.717, 1.165) is 50.7 Å². The quantitative estimate of drug-likeness (QED) is 0.328. The summed E-state index contributed by atoms with van der Waals surface area (Å²) in [7, 11) is -1.98. The number of fused-ring (bicyclic) bond motifs is 3. The molecule has 2 atom stereocenters. The van der Waals surface area contributed by atoms with Crippen LogP contribution in [0.2, 0.25) is 0 Å². The molecule has 2 bridgehead atoms. The third-order valence-corrected chi connectivity index (χ3v) is 9.94.